The number of halogens is 2. The summed E-state index contributed by atoms with van der Waals surface area (Å²) in [6.07, 6.45) is 3.36. The summed E-state index contributed by atoms with van der Waals surface area (Å²) in [4.78, 5) is 30.8. The molecule has 1 aromatic carbocycles. The molecule has 2 aliphatic heterocycles. The highest BCUT2D eigenvalue weighted by atomic mass is 19.3. The normalized spacial score (nSPS) is 18.7. The van der Waals surface area contributed by atoms with Gasteiger partial charge in [0, 0.05) is 39.3 Å². The quantitative estimate of drug-likeness (QED) is 0.743. The first-order chi connectivity index (χ1) is 14.0. The Bertz CT molecular complexity index is 690. The molecule has 160 valence electrons. The standard InChI is InChI=1S/C20H28F2N4O3/c21-20(22)29-17-7-3-2-6-16(17)23-18(27)14-24-10-12-25(13-11-24)15-19(28)26-8-4-1-5-9-26/h2-3,6-7,20H,1,4-5,8-15H2,(H,23,27). The van der Waals surface area contributed by atoms with Gasteiger partial charge in [0.05, 0.1) is 18.8 Å². The Balaban J connectivity index is 1.41. The van der Waals surface area contributed by atoms with E-state index in [1.54, 1.807) is 12.1 Å². The van der Waals surface area contributed by atoms with Crippen molar-refractivity contribution in [2.24, 2.45) is 0 Å². The van der Waals surface area contributed by atoms with Crippen LogP contribution >= 0.6 is 0 Å². The second kappa shape index (κ2) is 10.5. The minimum Gasteiger partial charge on any atom is -0.433 e. The molecule has 2 fully saturated rings. The third-order valence-corrected chi connectivity index (χ3v) is 5.28. The maximum atomic E-state index is 12.5. The number of anilines is 1. The maximum Gasteiger partial charge on any atom is 0.387 e. The molecule has 1 N–H and O–H groups in total. The molecular weight excluding hydrogens is 382 g/mol. The zero-order valence-electron chi connectivity index (χ0n) is 16.5. The first-order valence-corrected chi connectivity index (χ1v) is 10.1. The second-order valence-corrected chi connectivity index (χ2v) is 7.42. The molecule has 0 aromatic heterocycles. The van der Waals surface area contributed by atoms with Crippen LogP contribution in [0.25, 0.3) is 0 Å². The van der Waals surface area contributed by atoms with Crippen molar-refractivity contribution in [1.82, 2.24) is 14.7 Å². The Morgan fingerprint density at radius 2 is 1.55 bits per heavy atom. The average molecular weight is 410 g/mol. The lowest BCUT2D eigenvalue weighted by atomic mass is 10.1. The summed E-state index contributed by atoms with van der Waals surface area (Å²) in [5, 5.41) is 2.64. The van der Waals surface area contributed by atoms with E-state index in [0.29, 0.717) is 19.6 Å². The number of hydrogen-bond acceptors (Lipinski definition) is 5. The Kier molecular flexibility index (Phi) is 7.76. The first-order valence-electron chi connectivity index (χ1n) is 10.1. The maximum absolute atomic E-state index is 12.5. The number of rotatable bonds is 7. The molecule has 0 radical (unpaired) electrons. The van der Waals surface area contributed by atoms with Gasteiger partial charge >= 0.3 is 6.61 Å². The molecule has 29 heavy (non-hydrogen) atoms. The lowest BCUT2D eigenvalue weighted by Crippen LogP contribution is -2.51. The van der Waals surface area contributed by atoms with Crippen molar-refractivity contribution in [3.8, 4) is 5.75 Å². The number of carbonyl (C=O) groups excluding carboxylic acids is 2. The van der Waals surface area contributed by atoms with Gasteiger partial charge in [0.25, 0.3) is 0 Å². The number of benzene rings is 1. The Labute approximate surface area is 169 Å². The number of amides is 2. The zero-order chi connectivity index (χ0) is 20.6. The van der Waals surface area contributed by atoms with Gasteiger partial charge in [-0.15, -0.1) is 0 Å². The van der Waals surface area contributed by atoms with Gasteiger partial charge < -0.3 is 15.0 Å². The van der Waals surface area contributed by atoms with Crippen LogP contribution in [0.4, 0.5) is 14.5 Å². The Morgan fingerprint density at radius 1 is 0.931 bits per heavy atom. The molecule has 2 heterocycles. The van der Waals surface area contributed by atoms with E-state index in [9.17, 15) is 18.4 Å². The van der Waals surface area contributed by atoms with Gasteiger partial charge in [-0.2, -0.15) is 8.78 Å². The van der Waals surface area contributed by atoms with E-state index >= 15 is 0 Å². The predicted molar refractivity (Wildman–Crippen MR) is 105 cm³/mol. The number of carbonyl (C=O) groups is 2. The fourth-order valence-corrected chi connectivity index (χ4v) is 3.70. The highest BCUT2D eigenvalue weighted by molar-refractivity contribution is 5.93. The third-order valence-electron chi connectivity index (χ3n) is 5.28. The van der Waals surface area contributed by atoms with Crippen LogP contribution in [0.3, 0.4) is 0 Å². The van der Waals surface area contributed by atoms with Gasteiger partial charge in [-0.25, -0.2) is 0 Å². The summed E-state index contributed by atoms with van der Waals surface area (Å²) >= 11 is 0. The topological polar surface area (TPSA) is 65.1 Å². The first kappa shape index (κ1) is 21.4. The van der Waals surface area contributed by atoms with E-state index in [4.69, 9.17) is 0 Å². The molecule has 3 rings (SSSR count). The number of piperazine rings is 1. The van der Waals surface area contributed by atoms with Crippen molar-refractivity contribution in [2.75, 3.05) is 57.7 Å². The fourth-order valence-electron chi connectivity index (χ4n) is 3.70. The molecule has 0 aliphatic carbocycles. The number of alkyl halides is 2. The largest absolute Gasteiger partial charge is 0.433 e. The number of para-hydroxylation sites is 2. The van der Waals surface area contributed by atoms with E-state index in [2.05, 4.69) is 15.0 Å². The molecule has 0 spiro atoms. The highest BCUT2D eigenvalue weighted by Gasteiger charge is 2.24. The predicted octanol–water partition coefficient (Wildman–Crippen LogP) is 1.86. The van der Waals surface area contributed by atoms with Crippen LogP contribution in [0.2, 0.25) is 0 Å². The monoisotopic (exact) mass is 410 g/mol. The van der Waals surface area contributed by atoms with Crippen molar-refractivity contribution in [3.63, 3.8) is 0 Å². The van der Waals surface area contributed by atoms with Crippen LogP contribution < -0.4 is 10.1 Å². The van der Waals surface area contributed by atoms with Crippen LogP contribution in [0.5, 0.6) is 5.75 Å². The lowest BCUT2D eigenvalue weighted by Gasteiger charge is -2.35. The Hall–Kier alpha value is -2.26. The summed E-state index contributed by atoms with van der Waals surface area (Å²) in [6.45, 7) is 2.15. The van der Waals surface area contributed by atoms with Crippen LogP contribution in [0.15, 0.2) is 24.3 Å². The summed E-state index contributed by atoms with van der Waals surface area (Å²) in [6, 6.07) is 6.13. The number of hydrogen-bond donors (Lipinski definition) is 1. The smallest absolute Gasteiger partial charge is 0.387 e. The molecule has 2 amide bonds. The molecule has 2 aliphatic rings. The van der Waals surface area contributed by atoms with E-state index in [1.807, 2.05) is 9.80 Å². The molecule has 0 bridgehead atoms. The van der Waals surface area contributed by atoms with Crippen LogP contribution in [-0.4, -0.2) is 85.5 Å². The van der Waals surface area contributed by atoms with Crippen molar-refractivity contribution < 1.29 is 23.1 Å². The fraction of sp³-hybridized carbons (Fsp3) is 0.600. The number of ether oxygens (including phenoxy) is 1. The molecule has 0 unspecified atom stereocenters. The Morgan fingerprint density at radius 3 is 2.21 bits per heavy atom. The van der Waals surface area contributed by atoms with Crippen molar-refractivity contribution in [1.29, 1.82) is 0 Å². The molecule has 0 saturated carbocycles. The van der Waals surface area contributed by atoms with Gasteiger partial charge in [-0.1, -0.05) is 12.1 Å². The summed E-state index contributed by atoms with van der Waals surface area (Å²) in [7, 11) is 0. The number of piperidine rings is 1. The van der Waals surface area contributed by atoms with Gasteiger partial charge in [-0.3, -0.25) is 19.4 Å². The van der Waals surface area contributed by atoms with E-state index in [0.717, 1.165) is 39.0 Å². The van der Waals surface area contributed by atoms with E-state index < -0.39 is 6.61 Å². The number of nitrogens with zero attached hydrogens (tertiary/aromatic N) is 3. The second-order valence-electron chi connectivity index (χ2n) is 7.42. The minimum atomic E-state index is -2.95. The SMILES string of the molecule is O=C(CN1CCN(CC(=O)N2CCCCC2)CC1)Nc1ccccc1OC(F)F. The summed E-state index contributed by atoms with van der Waals surface area (Å²) in [5.41, 5.74) is 0.226. The third kappa shape index (κ3) is 6.64. The van der Waals surface area contributed by atoms with Crippen molar-refractivity contribution in [2.45, 2.75) is 25.9 Å². The lowest BCUT2D eigenvalue weighted by molar-refractivity contribution is -0.134. The van der Waals surface area contributed by atoms with Gasteiger partial charge in [0.1, 0.15) is 5.75 Å². The molecule has 7 nitrogen and oxygen atoms in total. The van der Waals surface area contributed by atoms with Crippen LogP contribution in [0, 0.1) is 0 Å². The summed E-state index contributed by atoms with van der Waals surface area (Å²) < 4.78 is 29.4. The molecule has 2 saturated heterocycles. The number of likely N-dealkylation sites (tertiary alicyclic amines) is 1. The molecular formula is C20H28F2N4O3. The highest BCUT2D eigenvalue weighted by Crippen LogP contribution is 2.25. The van der Waals surface area contributed by atoms with Gasteiger partial charge in [0.15, 0.2) is 0 Å². The summed E-state index contributed by atoms with van der Waals surface area (Å²) in [5.74, 6) is -0.156. The minimum absolute atomic E-state index is 0.0584. The van der Waals surface area contributed by atoms with Crippen LogP contribution in [0.1, 0.15) is 19.3 Å². The van der Waals surface area contributed by atoms with Gasteiger partial charge in [-0.05, 0) is 31.4 Å². The van der Waals surface area contributed by atoms with Crippen LogP contribution in [-0.2, 0) is 9.59 Å². The molecule has 1 aromatic rings. The molecule has 9 heteroatoms. The average Bonchev–Trinajstić information content (AvgIpc) is 2.71. The van der Waals surface area contributed by atoms with E-state index in [-0.39, 0.29) is 29.8 Å². The molecule has 0 atom stereocenters. The van der Waals surface area contributed by atoms with Crippen molar-refractivity contribution in [3.05, 3.63) is 24.3 Å². The number of nitrogens with one attached hydrogen (secondary N) is 1. The van der Waals surface area contributed by atoms with E-state index in [1.165, 1.54) is 18.6 Å². The van der Waals surface area contributed by atoms with Crippen molar-refractivity contribution >= 4 is 17.5 Å². The zero-order valence-corrected chi connectivity index (χ0v) is 16.5. The van der Waals surface area contributed by atoms with Gasteiger partial charge in [0.2, 0.25) is 11.8 Å².